The van der Waals surface area contributed by atoms with Gasteiger partial charge in [0.15, 0.2) is 0 Å². The average molecular weight is 400 g/mol. The van der Waals surface area contributed by atoms with Gasteiger partial charge in [0.1, 0.15) is 0 Å². The second kappa shape index (κ2) is 9.14. The maximum absolute atomic E-state index is 6.36. The molecular weight excluding hydrogens is 371 g/mol. The number of alkyl halides is 1. The smallest absolute Gasteiger partial charge is 0.0771 e. The minimum absolute atomic E-state index is 0.182. The Bertz CT molecular complexity index is 382. The highest BCUT2D eigenvalue weighted by atomic mass is 127. The topological polar surface area (TPSA) is 9.23 Å². The molecule has 1 aliphatic carbocycles. The fourth-order valence-corrected chi connectivity index (χ4v) is 4.41. The van der Waals surface area contributed by atoms with Crippen molar-refractivity contribution in [1.29, 1.82) is 0 Å². The Morgan fingerprint density at radius 3 is 2.52 bits per heavy atom. The van der Waals surface area contributed by atoms with Crippen LogP contribution in [0.5, 0.6) is 0 Å². The molecule has 0 atom stereocenters. The van der Waals surface area contributed by atoms with E-state index < -0.39 is 0 Å². The second-order valence-corrected chi connectivity index (χ2v) is 7.25. The Morgan fingerprint density at radius 1 is 1.19 bits per heavy atom. The van der Waals surface area contributed by atoms with E-state index in [-0.39, 0.29) is 5.60 Å². The summed E-state index contributed by atoms with van der Waals surface area (Å²) in [4.78, 5) is 0. The van der Waals surface area contributed by atoms with Crippen LogP contribution in [-0.4, -0.2) is 16.6 Å². The molecule has 0 unspecified atom stereocenters. The number of halogens is 1. The van der Waals surface area contributed by atoms with Crippen LogP contribution in [0.25, 0.3) is 0 Å². The first-order valence-corrected chi connectivity index (χ1v) is 10.0. The molecule has 0 amide bonds. The van der Waals surface area contributed by atoms with Crippen molar-refractivity contribution in [2.45, 2.75) is 63.9 Å². The highest BCUT2D eigenvalue weighted by Gasteiger charge is 2.34. The first-order chi connectivity index (χ1) is 10.3. The zero-order valence-corrected chi connectivity index (χ0v) is 15.5. The van der Waals surface area contributed by atoms with Crippen LogP contribution >= 0.6 is 22.6 Å². The van der Waals surface area contributed by atoms with Gasteiger partial charge in [0.05, 0.1) is 5.60 Å². The Morgan fingerprint density at radius 2 is 1.90 bits per heavy atom. The van der Waals surface area contributed by atoms with Crippen LogP contribution in [0.15, 0.2) is 30.3 Å². The van der Waals surface area contributed by atoms with E-state index in [2.05, 4.69) is 59.8 Å². The van der Waals surface area contributed by atoms with Gasteiger partial charge in [-0.1, -0.05) is 72.7 Å². The number of rotatable bonds is 8. The molecule has 1 aliphatic rings. The molecule has 1 aromatic carbocycles. The summed E-state index contributed by atoms with van der Waals surface area (Å²) in [5.74, 6) is 0.957. The summed E-state index contributed by atoms with van der Waals surface area (Å²) in [6.45, 7) is 3.22. The van der Waals surface area contributed by atoms with Crippen molar-refractivity contribution in [3.05, 3.63) is 35.9 Å². The fraction of sp³-hybridized carbons (Fsp3) is 0.684. The van der Waals surface area contributed by atoms with Crippen LogP contribution in [0.4, 0.5) is 0 Å². The van der Waals surface area contributed by atoms with Gasteiger partial charge in [-0.25, -0.2) is 0 Å². The molecule has 1 saturated carbocycles. The summed E-state index contributed by atoms with van der Waals surface area (Å²) in [7, 11) is 0. The van der Waals surface area contributed by atoms with Crippen LogP contribution in [0.1, 0.15) is 57.4 Å². The minimum Gasteiger partial charge on any atom is -0.374 e. The van der Waals surface area contributed by atoms with Gasteiger partial charge in [-0.3, -0.25) is 0 Å². The van der Waals surface area contributed by atoms with Gasteiger partial charge < -0.3 is 4.74 Å². The van der Waals surface area contributed by atoms with Gasteiger partial charge in [-0.15, -0.1) is 0 Å². The SMILES string of the molecule is CCCC1CCC(CI)(OCCCc2ccccc2)CC1. The van der Waals surface area contributed by atoms with E-state index >= 15 is 0 Å². The molecule has 21 heavy (non-hydrogen) atoms. The first kappa shape index (κ1) is 17.3. The molecule has 0 aliphatic heterocycles. The largest absolute Gasteiger partial charge is 0.374 e. The molecule has 1 aromatic rings. The second-order valence-electron chi connectivity index (χ2n) is 6.49. The first-order valence-electron chi connectivity index (χ1n) is 8.52. The van der Waals surface area contributed by atoms with Crippen molar-refractivity contribution in [2.24, 2.45) is 5.92 Å². The van der Waals surface area contributed by atoms with Crippen LogP contribution in [-0.2, 0) is 11.2 Å². The predicted molar refractivity (Wildman–Crippen MR) is 99.2 cm³/mol. The lowest BCUT2D eigenvalue weighted by Crippen LogP contribution is -2.39. The molecule has 0 spiro atoms. The summed E-state index contributed by atoms with van der Waals surface area (Å²) in [5, 5.41) is 0. The molecule has 1 nitrogen and oxygen atoms in total. The Labute approximate surface area is 144 Å². The van der Waals surface area contributed by atoms with E-state index in [9.17, 15) is 0 Å². The van der Waals surface area contributed by atoms with E-state index in [0.717, 1.165) is 29.8 Å². The number of hydrogen-bond acceptors (Lipinski definition) is 1. The van der Waals surface area contributed by atoms with E-state index in [0.29, 0.717) is 0 Å². The highest BCUT2D eigenvalue weighted by molar-refractivity contribution is 14.1. The molecule has 1 fully saturated rings. The summed E-state index contributed by atoms with van der Waals surface area (Å²) >= 11 is 2.53. The molecule has 0 aromatic heterocycles. The van der Waals surface area contributed by atoms with E-state index in [1.54, 1.807) is 0 Å². The van der Waals surface area contributed by atoms with Crippen LogP contribution < -0.4 is 0 Å². The summed E-state index contributed by atoms with van der Waals surface area (Å²) in [6.07, 6.45) is 10.3. The van der Waals surface area contributed by atoms with Crippen LogP contribution in [0.2, 0.25) is 0 Å². The van der Waals surface area contributed by atoms with Crippen molar-refractivity contribution in [1.82, 2.24) is 0 Å². The van der Waals surface area contributed by atoms with Crippen molar-refractivity contribution >= 4 is 22.6 Å². The lowest BCUT2D eigenvalue weighted by atomic mass is 9.78. The Hall–Kier alpha value is -0.0900. The monoisotopic (exact) mass is 400 g/mol. The summed E-state index contributed by atoms with van der Waals surface area (Å²) in [5.41, 5.74) is 1.61. The summed E-state index contributed by atoms with van der Waals surface area (Å²) < 4.78 is 7.51. The highest BCUT2D eigenvalue weighted by Crippen LogP contribution is 2.38. The van der Waals surface area contributed by atoms with Gasteiger partial charge in [-0.05, 0) is 50.0 Å². The maximum atomic E-state index is 6.36. The van der Waals surface area contributed by atoms with Gasteiger partial charge in [0.2, 0.25) is 0 Å². The van der Waals surface area contributed by atoms with Gasteiger partial charge in [-0.2, -0.15) is 0 Å². The van der Waals surface area contributed by atoms with E-state index in [4.69, 9.17) is 4.74 Å². The van der Waals surface area contributed by atoms with E-state index in [1.165, 1.54) is 44.1 Å². The third kappa shape index (κ3) is 5.55. The normalized spacial score (nSPS) is 25.9. The standard InChI is InChI=1S/C19H29IO/c1-2-7-17-11-13-19(16-20,14-12-17)21-15-6-10-18-8-4-3-5-9-18/h3-5,8-9,17H,2,6-7,10-16H2,1H3. The van der Waals surface area contributed by atoms with Gasteiger partial charge in [0, 0.05) is 11.0 Å². The van der Waals surface area contributed by atoms with Crippen LogP contribution in [0, 0.1) is 5.92 Å². The average Bonchev–Trinajstić information content (AvgIpc) is 2.55. The number of aryl methyl sites for hydroxylation is 1. The zero-order chi connectivity index (χ0) is 15.0. The molecule has 2 rings (SSSR count). The fourth-order valence-electron chi connectivity index (χ4n) is 3.43. The molecule has 0 N–H and O–H groups in total. The van der Waals surface area contributed by atoms with Crippen molar-refractivity contribution in [2.75, 3.05) is 11.0 Å². The molecular formula is C19H29IO. The van der Waals surface area contributed by atoms with Crippen molar-refractivity contribution < 1.29 is 4.74 Å². The Kier molecular flexibility index (Phi) is 7.51. The van der Waals surface area contributed by atoms with Crippen molar-refractivity contribution in [3.8, 4) is 0 Å². The maximum Gasteiger partial charge on any atom is 0.0771 e. The molecule has 2 heteroatoms. The lowest BCUT2D eigenvalue weighted by Gasteiger charge is -2.39. The molecule has 0 heterocycles. The number of benzene rings is 1. The number of ether oxygens (including phenoxy) is 1. The summed E-state index contributed by atoms with van der Waals surface area (Å²) in [6, 6.07) is 10.8. The van der Waals surface area contributed by atoms with E-state index in [1.807, 2.05) is 0 Å². The molecule has 118 valence electrons. The number of hydrogen-bond donors (Lipinski definition) is 0. The third-order valence-electron chi connectivity index (χ3n) is 4.82. The minimum atomic E-state index is 0.182. The van der Waals surface area contributed by atoms with Gasteiger partial charge >= 0.3 is 0 Å². The predicted octanol–water partition coefficient (Wildman–Crippen LogP) is 5.80. The zero-order valence-electron chi connectivity index (χ0n) is 13.3. The molecule has 0 radical (unpaired) electrons. The van der Waals surface area contributed by atoms with Crippen LogP contribution in [0.3, 0.4) is 0 Å². The third-order valence-corrected chi connectivity index (χ3v) is 6.21. The van der Waals surface area contributed by atoms with Gasteiger partial charge in [0.25, 0.3) is 0 Å². The quantitative estimate of drug-likeness (QED) is 0.304. The Balaban J connectivity index is 1.70. The lowest BCUT2D eigenvalue weighted by molar-refractivity contribution is -0.0600. The molecule has 0 saturated heterocycles. The van der Waals surface area contributed by atoms with Crippen molar-refractivity contribution in [3.63, 3.8) is 0 Å². The molecule has 0 bridgehead atoms.